The van der Waals surface area contributed by atoms with Gasteiger partial charge in [0.15, 0.2) is 0 Å². The molecule has 0 saturated carbocycles. The first-order valence-corrected chi connectivity index (χ1v) is 13.8. The fraction of sp³-hybridized carbons (Fsp3) is 0.538. The molecular formula is C26H38N3O3Si. The van der Waals surface area contributed by atoms with Crippen molar-refractivity contribution in [2.24, 2.45) is 5.41 Å². The Morgan fingerprint density at radius 1 is 1.09 bits per heavy atom. The van der Waals surface area contributed by atoms with Crippen molar-refractivity contribution in [2.45, 2.75) is 80.1 Å². The Bertz CT molecular complexity index is 986. The van der Waals surface area contributed by atoms with Crippen LogP contribution in [0, 0.1) is 37.5 Å². The van der Waals surface area contributed by atoms with Gasteiger partial charge in [-0.3, -0.25) is 0 Å². The summed E-state index contributed by atoms with van der Waals surface area (Å²) in [6, 6.07) is 7.89. The lowest BCUT2D eigenvalue weighted by atomic mass is 9.83. The van der Waals surface area contributed by atoms with Crippen molar-refractivity contribution < 1.29 is 13.9 Å². The van der Waals surface area contributed by atoms with Crippen molar-refractivity contribution in [3.05, 3.63) is 40.6 Å². The average molecular weight is 469 g/mol. The maximum absolute atomic E-state index is 9.25. The molecule has 1 radical (unpaired) electrons. The summed E-state index contributed by atoms with van der Waals surface area (Å²) in [6.07, 6.45) is 0.933. The summed E-state index contributed by atoms with van der Waals surface area (Å²) >= 11 is 0. The monoisotopic (exact) mass is 468 g/mol. The van der Waals surface area contributed by atoms with Crippen molar-refractivity contribution in [3.63, 3.8) is 0 Å². The van der Waals surface area contributed by atoms with Gasteiger partial charge in [0.1, 0.15) is 5.75 Å². The Hall–Kier alpha value is -2.56. The predicted octanol–water partition coefficient (Wildman–Crippen LogP) is 6.55. The molecule has 0 amide bonds. The second-order valence-electron chi connectivity index (χ2n) is 9.77. The summed E-state index contributed by atoms with van der Waals surface area (Å²) < 4.78 is 18.5. The molecule has 2 atom stereocenters. The largest absolute Gasteiger partial charge is 0.490 e. The van der Waals surface area contributed by atoms with E-state index < -0.39 is 9.04 Å². The van der Waals surface area contributed by atoms with E-state index in [-0.39, 0.29) is 17.6 Å². The Morgan fingerprint density at radius 3 is 2.15 bits per heavy atom. The van der Waals surface area contributed by atoms with Crippen LogP contribution in [0.2, 0.25) is 13.1 Å². The molecule has 1 N–H and O–H groups in total. The van der Waals surface area contributed by atoms with Gasteiger partial charge in [-0.1, -0.05) is 27.7 Å². The van der Waals surface area contributed by atoms with Crippen LogP contribution in [0.1, 0.15) is 56.5 Å². The van der Waals surface area contributed by atoms with Crippen LogP contribution >= 0.6 is 0 Å². The van der Waals surface area contributed by atoms with Crippen LogP contribution in [0.15, 0.2) is 18.2 Å². The summed E-state index contributed by atoms with van der Waals surface area (Å²) in [7, 11) is 0.746. The van der Waals surface area contributed by atoms with Crippen LogP contribution in [0.5, 0.6) is 17.4 Å². The zero-order valence-electron chi connectivity index (χ0n) is 21.7. The number of nitrogens with zero attached hydrogens (tertiary/aromatic N) is 2. The van der Waals surface area contributed by atoms with Crippen molar-refractivity contribution in [3.8, 4) is 23.4 Å². The van der Waals surface area contributed by atoms with Gasteiger partial charge in [-0.25, -0.2) is 4.98 Å². The lowest BCUT2D eigenvalue weighted by Gasteiger charge is -2.39. The number of aryl methyl sites for hydroxylation is 3. The number of pyridine rings is 1. The fourth-order valence-corrected chi connectivity index (χ4v) is 5.01. The molecular weight excluding hydrogens is 430 g/mol. The third-order valence-corrected chi connectivity index (χ3v) is 6.15. The molecule has 1 aromatic carbocycles. The normalized spacial score (nSPS) is 13.4. The van der Waals surface area contributed by atoms with Crippen molar-refractivity contribution in [2.75, 3.05) is 12.4 Å². The number of hydrogen-bond acceptors (Lipinski definition) is 6. The highest BCUT2D eigenvalue weighted by atomic mass is 28.3. The molecule has 0 aliphatic heterocycles. The zero-order chi connectivity index (χ0) is 24.9. The minimum atomic E-state index is -0.880. The van der Waals surface area contributed by atoms with Gasteiger partial charge in [0.2, 0.25) is 14.8 Å². The molecule has 0 fully saturated rings. The summed E-state index contributed by atoms with van der Waals surface area (Å²) in [6.45, 7) is 18.9. The van der Waals surface area contributed by atoms with Gasteiger partial charge in [0.25, 0.3) is 5.88 Å². The Labute approximate surface area is 201 Å². The molecule has 0 aliphatic carbocycles. The molecule has 0 saturated heterocycles. The van der Waals surface area contributed by atoms with E-state index in [9.17, 15) is 5.26 Å². The summed E-state index contributed by atoms with van der Waals surface area (Å²) in [4.78, 5) is 4.62. The van der Waals surface area contributed by atoms with Crippen molar-refractivity contribution in [1.29, 1.82) is 5.26 Å². The van der Waals surface area contributed by atoms with E-state index in [4.69, 9.17) is 13.9 Å². The number of anilines is 1. The van der Waals surface area contributed by atoms with E-state index >= 15 is 0 Å². The highest BCUT2D eigenvalue weighted by Crippen LogP contribution is 2.40. The van der Waals surface area contributed by atoms with Crippen molar-refractivity contribution in [1.82, 2.24) is 4.98 Å². The molecule has 6 nitrogen and oxygen atoms in total. The summed E-state index contributed by atoms with van der Waals surface area (Å²) in [5.74, 6) is 1.63. The molecule has 33 heavy (non-hydrogen) atoms. The lowest BCUT2D eigenvalue weighted by molar-refractivity contribution is 0.0675. The van der Waals surface area contributed by atoms with Gasteiger partial charge in [-0.2, -0.15) is 5.26 Å². The third kappa shape index (κ3) is 6.72. The van der Waals surface area contributed by atoms with E-state index in [2.05, 4.69) is 57.2 Å². The standard InChI is InChI=1S/C26H38N3O3Si/c1-11-20(24(26(5,6)7)32-33(9)10)29-21-14-18(4)28-25(23(21)30-8)31-22-16(2)12-19(15-27)13-17(22)3/h12-14,20,24H,11H2,1-10H3,(H,28,29). The van der Waals surface area contributed by atoms with E-state index in [1.165, 1.54) is 0 Å². The molecule has 2 unspecified atom stereocenters. The van der Waals surface area contributed by atoms with E-state index in [1.54, 1.807) is 7.11 Å². The quantitative estimate of drug-likeness (QED) is 0.420. The molecule has 179 valence electrons. The summed E-state index contributed by atoms with van der Waals surface area (Å²) in [5, 5.41) is 12.9. The van der Waals surface area contributed by atoms with Crippen molar-refractivity contribution >= 4 is 14.7 Å². The number of aromatic nitrogens is 1. The number of ether oxygens (including phenoxy) is 2. The van der Waals surface area contributed by atoms with E-state index in [1.807, 2.05) is 39.0 Å². The molecule has 1 heterocycles. The van der Waals surface area contributed by atoms with Gasteiger partial charge in [0.05, 0.1) is 36.6 Å². The predicted molar refractivity (Wildman–Crippen MR) is 136 cm³/mol. The van der Waals surface area contributed by atoms with Crippen LogP contribution in [0.3, 0.4) is 0 Å². The van der Waals surface area contributed by atoms with Crippen LogP contribution in [-0.2, 0) is 4.43 Å². The topological polar surface area (TPSA) is 76.4 Å². The molecule has 0 spiro atoms. The second-order valence-corrected chi connectivity index (χ2v) is 11.8. The van der Waals surface area contributed by atoms with Gasteiger partial charge in [-0.15, -0.1) is 0 Å². The SMILES string of the molecule is CCC(Nc1cc(C)nc(Oc2c(C)cc(C#N)cc2C)c1OC)C(O[Si](C)C)C(C)(C)C. The van der Waals surface area contributed by atoms with Crippen LogP contribution in [0.25, 0.3) is 0 Å². The van der Waals surface area contributed by atoms with Gasteiger partial charge < -0.3 is 19.2 Å². The minimum absolute atomic E-state index is 0.0268. The molecule has 0 bridgehead atoms. The number of rotatable bonds is 9. The highest BCUT2D eigenvalue weighted by Gasteiger charge is 2.34. The van der Waals surface area contributed by atoms with Gasteiger partial charge >= 0.3 is 0 Å². The third-order valence-electron chi connectivity index (χ3n) is 5.42. The van der Waals surface area contributed by atoms with Crippen LogP contribution in [0.4, 0.5) is 5.69 Å². The maximum Gasteiger partial charge on any atom is 0.265 e. The van der Waals surface area contributed by atoms with Gasteiger partial charge in [0, 0.05) is 5.69 Å². The Kier molecular flexibility index (Phi) is 8.93. The first kappa shape index (κ1) is 26.7. The van der Waals surface area contributed by atoms with E-state index in [0.717, 1.165) is 28.9 Å². The lowest BCUT2D eigenvalue weighted by Crippen LogP contribution is -2.46. The first-order chi connectivity index (χ1) is 15.4. The highest BCUT2D eigenvalue weighted by molar-refractivity contribution is 6.48. The van der Waals surface area contributed by atoms with Crippen LogP contribution < -0.4 is 14.8 Å². The fourth-order valence-electron chi connectivity index (χ4n) is 3.99. The minimum Gasteiger partial charge on any atom is -0.490 e. The van der Waals surface area contributed by atoms with Crippen LogP contribution in [-0.4, -0.2) is 33.3 Å². The molecule has 2 aromatic rings. The summed E-state index contributed by atoms with van der Waals surface area (Å²) in [5.41, 5.74) is 3.97. The Morgan fingerprint density at radius 2 is 1.70 bits per heavy atom. The number of methoxy groups -OCH3 is 1. The Balaban J connectivity index is 2.49. The van der Waals surface area contributed by atoms with E-state index in [0.29, 0.717) is 22.9 Å². The molecule has 1 aromatic heterocycles. The molecule has 2 rings (SSSR count). The number of hydrogen-bond donors (Lipinski definition) is 1. The smallest absolute Gasteiger partial charge is 0.265 e. The zero-order valence-corrected chi connectivity index (χ0v) is 22.7. The van der Waals surface area contributed by atoms with Gasteiger partial charge in [-0.05, 0) is 75.0 Å². The number of nitriles is 1. The number of benzene rings is 1. The average Bonchev–Trinajstić information content (AvgIpc) is 2.71. The molecule has 0 aliphatic rings. The number of nitrogens with one attached hydrogen (secondary N) is 1. The second kappa shape index (κ2) is 11.0. The first-order valence-electron chi connectivity index (χ1n) is 11.4. The maximum atomic E-state index is 9.25. The molecule has 7 heteroatoms.